The van der Waals surface area contributed by atoms with Crippen LogP contribution in [-0.4, -0.2) is 10.8 Å². The van der Waals surface area contributed by atoms with Crippen LogP contribution in [0, 0.1) is 0 Å². The third-order valence-electron chi connectivity index (χ3n) is 4.76. The smallest absolute Gasteiger partial charge is 0.165 e. The number of ketones is 1. The van der Waals surface area contributed by atoms with Gasteiger partial charge in [0, 0.05) is 17.7 Å². The lowest BCUT2D eigenvalue weighted by Crippen LogP contribution is -2.20. The first-order chi connectivity index (χ1) is 11.3. The molecule has 0 bridgehead atoms. The number of Topliss-reactive ketones (excluding diaryl/α,β-unsaturated/α-hetero) is 1. The number of hydrogen-bond acceptors (Lipinski definition) is 2. The first-order valence-electron chi connectivity index (χ1n) is 8.85. The average Bonchev–Trinajstić information content (AvgIpc) is 2.59. The van der Waals surface area contributed by atoms with Crippen molar-refractivity contribution in [1.29, 1.82) is 0 Å². The van der Waals surface area contributed by atoms with Gasteiger partial charge < -0.3 is 0 Å². The molecule has 1 aliphatic carbocycles. The lowest BCUT2D eigenvalue weighted by Gasteiger charge is -2.23. The molecule has 3 rings (SSSR count). The number of benzene rings is 1. The molecule has 0 N–H and O–H groups in total. The zero-order valence-electron chi connectivity index (χ0n) is 13.9. The van der Waals surface area contributed by atoms with Gasteiger partial charge in [0.2, 0.25) is 0 Å². The van der Waals surface area contributed by atoms with Crippen LogP contribution in [0.3, 0.4) is 0 Å². The van der Waals surface area contributed by atoms with Gasteiger partial charge >= 0.3 is 0 Å². The van der Waals surface area contributed by atoms with Crippen LogP contribution in [0.15, 0.2) is 42.5 Å². The molecule has 0 saturated carbocycles. The molecule has 1 heterocycles. The number of carbonyl (C=O) groups is 1. The van der Waals surface area contributed by atoms with E-state index >= 15 is 0 Å². The van der Waals surface area contributed by atoms with E-state index in [1.165, 1.54) is 31.2 Å². The molecule has 1 atom stereocenters. The second-order valence-electron chi connectivity index (χ2n) is 6.55. The van der Waals surface area contributed by atoms with Gasteiger partial charge in [0.25, 0.3) is 0 Å². The summed E-state index contributed by atoms with van der Waals surface area (Å²) in [6.07, 6.45) is 7.51. The fraction of sp³-hybridized carbons (Fsp3) is 0.429. The van der Waals surface area contributed by atoms with E-state index in [0.29, 0.717) is 6.42 Å². The van der Waals surface area contributed by atoms with Crippen LogP contribution in [0.1, 0.15) is 72.3 Å². The molecule has 1 aromatic heterocycles. The highest BCUT2D eigenvalue weighted by Crippen LogP contribution is 2.31. The molecule has 0 radical (unpaired) electrons. The minimum absolute atomic E-state index is 0.241. The molecule has 2 heteroatoms. The summed E-state index contributed by atoms with van der Waals surface area (Å²) in [6, 6.07) is 14.4. The van der Waals surface area contributed by atoms with Gasteiger partial charge in [-0.15, -0.1) is 0 Å². The van der Waals surface area contributed by atoms with Gasteiger partial charge in [-0.3, -0.25) is 9.78 Å². The van der Waals surface area contributed by atoms with Crippen LogP contribution in [0.5, 0.6) is 0 Å². The summed E-state index contributed by atoms with van der Waals surface area (Å²) < 4.78 is 0. The van der Waals surface area contributed by atoms with Crippen molar-refractivity contribution in [2.75, 3.05) is 0 Å². The molecular formula is C21H25NO. The lowest BCUT2D eigenvalue weighted by atomic mass is 9.81. The Morgan fingerprint density at radius 1 is 1.00 bits per heavy atom. The predicted octanol–water partition coefficient (Wildman–Crippen LogP) is 5.12. The first kappa shape index (κ1) is 15.9. The fourth-order valence-corrected chi connectivity index (χ4v) is 3.43. The van der Waals surface area contributed by atoms with Crippen molar-refractivity contribution in [1.82, 2.24) is 4.98 Å². The summed E-state index contributed by atoms with van der Waals surface area (Å²) in [5.74, 6) is 0.518. The minimum atomic E-state index is 0.241. The Kier molecular flexibility index (Phi) is 5.22. The summed E-state index contributed by atoms with van der Waals surface area (Å²) in [7, 11) is 0. The van der Waals surface area contributed by atoms with E-state index in [1.807, 2.05) is 30.3 Å². The molecule has 0 fully saturated rings. The van der Waals surface area contributed by atoms with Crippen LogP contribution in [-0.2, 0) is 12.8 Å². The molecule has 2 nitrogen and oxygen atoms in total. The monoisotopic (exact) mass is 307 g/mol. The number of nitrogens with zero attached hydrogens (tertiary/aromatic N) is 1. The van der Waals surface area contributed by atoms with Crippen molar-refractivity contribution in [3.8, 4) is 0 Å². The molecule has 0 saturated heterocycles. The molecule has 1 aliphatic rings. The van der Waals surface area contributed by atoms with Crippen LogP contribution >= 0.6 is 0 Å². The SMILES string of the molecule is CCCCCCc1ccc2c(n1)CC(c1ccccc1)CC2=O. The van der Waals surface area contributed by atoms with Gasteiger partial charge in [-0.2, -0.15) is 0 Å². The third kappa shape index (κ3) is 3.87. The van der Waals surface area contributed by atoms with Gasteiger partial charge in [-0.25, -0.2) is 0 Å². The van der Waals surface area contributed by atoms with Gasteiger partial charge in [-0.05, 0) is 42.9 Å². The Morgan fingerprint density at radius 3 is 2.61 bits per heavy atom. The number of fused-ring (bicyclic) bond motifs is 1. The summed E-state index contributed by atoms with van der Waals surface area (Å²) in [5, 5.41) is 0. The van der Waals surface area contributed by atoms with E-state index in [-0.39, 0.29) is 11.7 Å². The maximum absolute atomic E-state index is 12.4. The number of hydrogen-bond donors (Lipinski definition) is 0. The second-order valence-corrected chi connectivity index (χ2v) is 6.55. The molecule has 23 heavy (non-hydrogen) atoms. The number of pyridine rings is 1. The van der Waals surface area contributed by atoms with Crippen LogP contribution in [0.25, 0.3) is 0 Å². The number of unbranched alkanes of at least 4 members (excludes halogenated alkanes) is 3. The standard InChI is InChI=1S/C21H25NO/c1-2-3-4-8-11-18-12-13-19-20(22-18)14-17(15-21(19)23)16-9-6-5-7-10-16/h5-7,9-10,12-13,17H,2-4,8,11,14-15H2,1H3. The highest BCUT2D eigenvalue weighted by molar-refractivity contribution is 5.98. The van der Waals surface area contributed by atoms with Gasteiger partial charge in [0.15, 0.2) is 5.78 Å². The van der Waals surface area contributed by atoms with Crippen molar-refractivity contribution >= 4 is 5.78 Å². The Labute approximate surface area is 139 Å². The lowest BCUT2D eigenvalue weighted by molar-refractivity contribution is 0.0963. The van der Waals surface area contributed by atoms with Crippen molar-refractivity contribution in [2.24, 2.45) is 0 Å². The summed E-state index contributed by atoms with van der Waals surface area (Å²) in [5.41, 5.74) is 4.24. The third-order valence-corrected chi connectivity index (χ3v) is 4.76. The average molecular weight is 307 g/mol. The van der Waals surface area contributed by atoms with Gasteiger partial charge in [0.1, 0.15) is 0 Å². The molecule has 1 unspecified atom stereocenters. The first-order valence-corrected chi connectivity index (χ1v) is 8.85. The minimum Gasteiger partial charge on any atom is -0.294 e. The summed E-state index contributed by atoms with van der Waals surface area (Å²) >= 11 is 0. The normalized spacial score (nSPS) is 17.1. The molecule has 120 valence electrons. The van der Waals surface area contributed by atoms with Crippen molar-refractivity contribution in [3.05, 3.63) is 65.0 Å². The van der Waals surface area contributed by atoms with Crippen LogP contribution in [0.4, 0.5) is 0 Å². The Balaban J connectivity index is 1.74. The highest BCUT2D eigenvalue weighted by atomic mass is 16.1. The number of aryl methyl sites for hydroxylation is 1. The van der Waals surface area contributed by atoms with Crippen molar-refractivity contribution in [3.63, 3.8) is 0 Å². The predicted molar refractivity (Wildman–Crippen MR) is 93.9 cm³/mol. The van der Waals surface area contributed by atoms with E-state index in [4.69, 9.17) is 4.98 Å². The van der Waals surface area contributed by atoms with Crippen LogP contribution < -0.4 is 0 Å². The van der Waals surface area contributed by atoms with E-state index < -0.39 is 0 Å². The Hall–Kier alpha value is -1.96. The maximum Gasteiger partial charge on any atom is 0.165 e. The zero-order chi connectivity index (χ0) is 16.1. The highest BCUT2D eigenvalue weighted by Gasteiger charge is 2.27. The zero-order valence-corrected chi connectivity index (χ0v) is 13.9. The largest absolute Gasteiger partial charge is 0.294 e. The molecule has 0 aliphatic heterocycles. The van der Waals surface area contributed by atoms with E-state index in [9.17, 15) is 4.79 Å². The quantitative estimate of drug-likeness (QED) is 0.693. The number of carbonyl (C=O) groups excluding carboxylic acids is 1. The Morgan fingerprint density at radius 2 is 1.83 bits per heavy atom. The Bertz CT molecular complexity index is 663. The fourth-order valence-electron chi connectivity index (χ4n) is 3.43. The molecule has 0 amide bonds. The molecule has 1 aromatic carbocycles. The molecular weight excluding hydrogens is 282 g/mol. The van der Waals surface area contributed by atoms with E-state index in [2.05, 4.69) is 19.1 Å². The number of aromatic nitrogens is 1. The topological polar surface area (TPSA) is 30.0 Å². The maximum atomic E-state index is 12.4. The second kappa shape index (κ2) is 7.54. The van der Waals surface area contributed by atoms with Crippen LogP contribution in [0.2, 0.25) is 0 Å². The van der Waals surface area contributed by atoms with E-state index in [0.717, 1.165) is 29.8 Å². The summed E-state index contributed by atoms with van der Waals surface area (Å²) in [4.78, 5) is 17.3. The molecule has 0 spiro atoms. The number of rotatable bonds is 6. The van der Waals surface area contributed by atoms with Gasteiger partial charge in [-0.1, -0.05) is 56.5 Å². The van der Waals surface area contributed by atoms with Gasteiger partial charge in [0.05, 0.1) is 5.69 Å². The summed E-state index contributed by atoms with van der Waals surface area (Å²) in [6.45, 7) is 2.23. The van der Waals surface area contributed by atoms with E-state index in [1.54, 1.807) is 0 Å². The molecule has 2 aromatic rings. The van der Waals surface area contributed by atoms with Crippen molar-refractivity contribution in [2.45, 2.75) is 57.8 Å². The van der Waals surface area contributed by atoms with Crippen molar-refractivity contribution < 1.29 is 4.79 Å².